The molecule has 2 N–H and O–H groups in total. The Bertz CT molecular complexity index is 662. The van der Waals surface area contributed by atoms with Gasteiger partial charge in [-0.2, -0.15) is 0 Å². The molecule has 2 aromatic carbocycles. The normalized spacial score (nSPS) is 10.2. The zero-order chi connectivity index (χ0) is 14.7. The third-order valence-corrected chi connectivity index (χ3v) is 3.11. The average Bonchev–Trinajstić information content (AvgIpc) is 2.39. The number of thiocarbonyl (C=S) groups is 1. The Hall–Kier alpha value is -1.72. The Morgan fingerprint density at radius 1 is 1.15 bits per heavy atom. The lowest BCUT2D eigenvalue weighted by Crippen LogP contribution is -2.19. The fourth-order valence-corrected chi connectivity index (χ4v) is 2.01. The first-order chi connectivity index (χ1) is 9.47. The molecule has 0 heterocycles. The van der Waals surface area contributed by atoms with Crippen LogP contribution in [0.2, 0.25) is 5.02 Å². The van der Waals surface area contributed by atoms with Crippen molar-refractivity contribution in [1.82, 2.24) is 0 Å². The fourth-order valence-electron chi connectivity index (χ4n) is 1.61. The summed E-state index contributed by atoms with van der Waals surface area (Å²) in [5, 5.41) is 5.75. The maximum Gasteiger partial charge on any atom is 0.175 e. The molecule has 2 nitrogen and oxygen atoms in total. The highest BCUT2D eigenvalue weighted by Crippen LogP contribution is 2.22. The minimum atomic E-state index is -0.575. The molecule has 0 radical (unpaired) electrons. The van der Waals surface area contributed by atoms with Gasteiger partial charge in [-0.3, -0.25) is 0 Å². The maximum absolute atomic E-state index is 13.7. The molecule has 6 heteroatoms. The lowest BCUT2D eigenvalue weighted by molar-refractivity contribution is 0.619. The largest absolute Gasteiger partial charge is 0.332 e. The van der Waals surface area contributed by atoms with Gasteiger partial charge >= 0.3 is 0 Å². The summed E-state index contributed by atoms with van der Waals surface area (Å²) in [5.41, 5.74) is 1.28. The van der Waals surface area contributed by atoms with Crippen LogP contribution >= 0.6 is 23.8 Å². The average molecular weight is 313 g/mol. The zero-order valence-electron chi connectivity index (χ0n) is 10.5. The van der Waals surface area contributed by atoms with E-state index >= 15 is 0 Å². The summed E-state index contributed by atoms with van der Waals surface area (Å²) in [6, 6.07) is 9.06. The number of hydrogen-bond donors (Lipinski definition) is 2. The molecule has 0 spiro atoms. The van der Waals surface area contributed by atoms with Crippen LogP contribution in [-0.2, 0) is 0 Å². The van der Waals surface area contributed by atoms with Crippen molar-refractivity contribution < 1.29 is 8.78 Å². The summed E-state index contributed by atoms with van der Waals surface area (Å²) < 4.78 is 26.8. The fraction of sp³-hybridized carbons (Fsp3) is 0.0714. The van der Waals surface area contributed by atoms with Gasteiger partial charge in [-0.15, -0.1) is 0 Å². The summed E-state index contributed by atoms with van der Waals surface area (Å²) in [4.78, 5) is 0. The smallest absolute Gasteiger partial charge is 0.175 e. The van der Waals surface area contributed by atoms with Gasteiger partial charge in [0.05, 0.1) is 10.7 Å². The second-order valence-electron chi connectivity index (χ2n) is 4.14. The maximum atomic E-state index is 13.7. The number of hydrogen-bond acceptors (Lipinski definition) is 1. The van der Waals surface area contributed by atoms with Crippen molar-refractivity contribution in [3.05, 3.63) is 58.6 Å². The number of halogens is 3. The van der Waals surface area contributed by atoms with Crippen molar-refractivity contribution in [2.24, 2.45) is 0 Å². The summed E-state index contributed by atoms with van der Waals surface area (Å²) in [6.45, 7) is 1.65. The highest BCUT2D eigenvalue weighted by Gasteiger charge is 2.08. The quantitative estimate of drug-likeness (QED) is 0.784. The van der Waals surface area contributed by atoms with E-state index in [1.54, 1.807) is 25.1 Å². The zero-order valence-corrected chi connectivity index (χ0v) is 12.1. The van der Waals surface area contributed by atoms with Crippen molar-refractivity contribution in [3.63, 3.8) is 0 Å². The monoisotopic (exact) mass is 312 g/mol. The Labute approximate surface area is 125 Å². The summed E-state index contributed by atoms with van der Waals surface area (Å²) in [7, 11) is 0. The Kier molecular flexibility index (Phi) is 4.52. The third kappa shape index (κ3) is 3.43. The van der Waals surface area contributed by atoms with E-state index < -0.39 is 5.82 Å². The first kappa shape index (κ1) is 14.7. The lowest BCUT2D eigenvalue weighted by atomic mass is 10.2. The number of benzene rings is 2. The predicted octanol–water partition coefficient (Wildman–Crippen LogP) is 4.74. The van der Waals surface area contributed by atoms with Crippen molar-refractivity contribution in [2.75, 3.05) is 10.6 Å². The Balaban J connectivity index is 2.09. The summed E-state index contributed by atoms with van der Waals surface area (Å²) >= 11 is 10.7. The molecule has 0 aliphatic heterocycles. The molecular weight excluding hydrogens is 302 g/mol. The SMILES string of the molecule is Cc1cc(NC(=S)Nc2cccc(Cl)c2F)ccc1F. The second kappa shape index (κ2) is 6.15. The molecular formula is C14H11ClF2N2S. The Morgan fingerprint density at radius 3 is 2.60 bits per heavy atom. The van der Waals surface area contributed by atoms with E-state index in [0.717, 1.165) is 0 Å². The molecule has 0 amide bonds. The van der Waals surface area contributed by atoms with Gasteiger partial charge in [0, 0.05) is 5.69 Å². The Morgan fingerprint density at radius 2 is 1.90 bits per heavy atom. The van der Waals surface area contributed by atoms with Crippen LogP contribution in [0.15, 0.2) is 36.4 Å². The second-order valence-corrected chi connectivity index (χ2v) is 4.96. The lowest BCUT2D eigenvalue weighted by Gasteiger charge is -2.12. The van der Waals surface area contributed by atoms with Gasteiger partial charge in [0.1, 0.15) is 5.82 Å². The number of aryl methyl sites for hydroxylation is 1. The van der Waals surface area contributed by atoms with Gasteiger partial charge < -0.3 is 10.6 Å². The minimum absolute atomic E-state index is 0.00965. The number of nitrogens with one attached hydrogen (secondary N) is 2. The van der Waals surface area contributed by atoms with Crippen molar-refractivity contribution in [2.45, 2.75) is 6.92 Å². The van der Waals surface area contributed by atoms with Gasteiger partial charge in [-0.05, 0) is 55.0 Å². The molecule has 20 heavy (non-hydrogen) atoms. The molecule has 0 aliphatic carbocycles. The molecule has 0 atom stereocenters. The molecule has 2 rings (SSSR count). The van der Waals surface area contributed by atoms with Gasteiger partial charge in [0.25, 0.3) is 0 Å². The van der Waals surface area contributed by atoms with E-state index in [0.29, 0.717) is 11.3 Å². The first-order valence-electron chi connectivity index (χ1n) is 5.75. The van der Waals surface area contributed by atoms with E-state index in [9.17, 15) is 8.78 Å². The van der Waals surface area contributed by atoms with Crippen molar-refractivity contribution >= 4 is 40.3 Å². The van der Waals surface area contributed by atoms with Crippen LogP contribution in [0.3, 0.4) is 0 Å². The highest BCUT2D eigenvalue weighted by atomic mass is 35.5. The van der Waals surface area contributed by atoms with Crippen LogP contribution in [0.1, 0.15) is 5.56 Å². The van der Waals surface area contributed by atoms with Gasteiger partial charge in [0.2, 0.25) is 0 Å². The van der Waals surface area contributed by atoms with E-state index in [-0.39, 0.29) is 21.6 Å². The molecule has 0 bridgehead atoms. The van der Waals surface area contributed by atoms with Gasteiger partial charge in [-0.1, -0.05) is 17.7 Å². The van der Waals surface area contributed by atoms with E-state index in [2.05, 4.69) is 10.6 Å². The molecule has 0 unspecified atom stereocenters. The molecule has 0 aliphatic rings. The topological polar surface area (TPSA) is 24.1 Å². The molecule has 0 saturated carbocycles. The standard InChI is InChI=1S/C14H11ClF2N2S/c1-8-7-9(5-6-11(8)16)18-14(20)19-12-4-2-3-10(15)13(12)17/h2-7H,1H3,(H2,18,19,20). The van der Waals surface area contributed by atoms with Crippen LogP contribution in [-0.4, -0.2) is 5.11 Å². The summed E-state index contributed by atoms with van der Waals surface area (Å²) in [5.74, 6) is -0.871. The molecule has 0 fully saturated rings. The van der Waals surface area contributed by atoms with Crippen LogP contribution in [0.4, 0.5) is 20.2 Å². The van der Waals surface area contributed by atoms with Crippen LogP contribution in [0, 0.1) is 18.6 Å². The summed E-state index contributed by atoms with van der Waals surface area (Å²) in [6.07, 6.45) is 0. The molecule has 104 valence electrons. The predicted molar refractivity (Wildman–Crippen MR) is 82.4 cm³/mol. The van der Waals surface area contributed by atoms with Gasteiger partial charge in [0.15, 0.2) is 10.9 Å². The van der Waals surface area contributed by atoms with Crippen LogP contribution in [0.5, 0.6) is 0 Å². The number of anilines is 2. The van der Waals surface area contributed by atoms with Gasteiger partial charge in [-0.25, -0.2) is 8.78 Å². The molecule has 0 saturated heterocycles. The minimum Gasteiger partial charge on any atom is -0.332 e. The third-order valence-electron chi connectivity index (χ3n) is 2.62. The van der Waals surface area contributed by atoms with E-state index in [1.807, 2.05) is 0 Å². The molecule has 2 aromatic rings. The van der Waals surface area contributed by atoms with Crippen molar-refractivity contribution in [1.29, 1.82) is 0 Å². The number of rotatable bonds is 2. The first-order valence-corrected chi connectivity index (χ1v) is 6.54. The van der Waals surface area contributed by atoms with E-state index in [1.165, 1.54) is 18.2 Å². The highest BCUT2D eigenvalue weighted by molar-refractivity contribution is 7.80. The van der Waals surface area contributed by atoms with Crippen LogP contribution in [0.25, 0.3) is 0 Å². The van der Waals surface area contributed by atoms with E-state index in [4.69, 9.17) is 23.8 Å². The van der Waals surface area contributed by atoms with Crippen molar-refractivity contribution in [3.8, 4) is 0 Å². The molecule has 0 aromatic heterocycles. The van der Waals surface area contributed by atoms with Crippen LogP contribution < -0.4 is 10.6 Å².